The molecule has 1 nitrogen and oxygen atoms in total. The standard InChI is InChI=1S/C58H41N/c1-38-27-33-55(49-21-8-6-19-47(38)49)59(56-34-28-39(2)48-20-7-9-22-50(48)56)46-32-31-42-36-45(30-29-43(42)37-46)58-53-25-12-10-23-51(53)57(52-24-11-13-26-54(52)58)44-18-14-17-41(35-44)40-15-4-3-5-16-40/h3-37H,1-2H3. The molecule has 11 rings (SSSR count). The maximum Gasteiger partial charge on any atom is 0.0540 e. The molecule has 0 saturated carbocycles. The summed E-state index contributed by atoms with van der Waals surface area (Å²) in [7, 11) is 0. The lowest BCUT2D eigenvalue weighted by Gasteiger charge is -2.29. The maximum atomic E-state index is 2.46. The second-order valence-electron chi connectivity index (χ2n) is 15.8. The molecule has 0 unspecified atom stereocenters. The molecule has 0 aliphatic heterocycles. The molecule has 1 heteroatoms. The van der Waals surface area contributed by atoms with Gasteiger partial charge in [-0.2, -0.15) is 0 Å². The minimum absolute atomic E-state index is 1.13. The Labute approximate surface area is 345 Å². The second-order valence-corrected chi connectivity index (χ2v) is 15.8. The number of anilines is 3. The number of aryl methyl sites for hydroxylation is 2. The van der Waals surface area contributed by atoms with Crippen molar-refractivity contribution >= 4 is 70.9 Å². The fourth-order valence-electron chi connectivity index (χ4n) is 9.43. The van der Waals surface area contributed by atoms with Crippen LogP contribution in [-0.4, -0.2) is 0 Å². The van der Waals surface area contributed by atoms with Gasteiger partial charge in [0.25, 0.3) is 0 Å². The van der Waals surface area contributed by atoms with Crippen molar-refractivity contribution in [2.45, 2.75) is 13.8 Å². The van der Waals surface area contributed by atoms with Crippen LogP contribution >= 0.6 is 0 Å². The zero-order chi connectivity index (χ0) is 39.5. The third-order valence-electron chi connectivity index (χ3n) is 12.3. The molecule has 0 radical (unpaired) electrons. The van der Waals surface area contributed by atoms with Crippen molar-refractivity contribution < 1.29 is 0 Å². The quantitative estimate of drug-likeness (QED) is 0.153. The highest BCUT2D eigenvalue weighted by Gasteiger charge is 2.21. The van der Waals surface area contributed by atoms with Crippen molar-refractivity contribution in [3.8, 4) is 33.4 Å². The molecule has 0 heterocycles. The number of nitrogens with zero attached hydrogens (tertiary/aromatic N) is 1. The van der Waals surface area contributed by atoms with Crippen LogP contribution in [0, 0.1) is 13.8 Å². The number of rotatable bonds is 6. The Bertz CT molecular complexity index is 3270. The van der Waals surface area contributed by atoms with Gasteiger partial charge in [-0.1, -0.05) is 176 Å². The van der Waals surface area contributed by atoms with Gasteiger partial charge in [-0.05, 0) is 138 Å². The highest BCUT2D eigenvalue weighted by Crippen LogP contribution is 2.47. The lowest BCUT2D eigenvalue weighted by molar-refractivity contribution is 1.31. The van der Waals surface area contributed by atoms with E-state index in [9.17, 15) is 0 Å². The van der Waals surface area contributed by atoms with Gasteiger partial charge >= 0.3 is 0 Å². The van der Waals surface area contributed by atoms with Gasteiger partial charge in [0.1, 0.15) is 0 Å². The smallest absolute Gasteiger partial charge is 0.0540 e. The van der Waals surface area contributed by atoms with Crippen LogP contribution in [0.3, 0.4) is 0 Å². The van der Waals surface area contributed by atoms with Crippen LogP contribution in [0.4, 0.5) is 17.1 Å². The fraction of sp³-hybridized carbons (Fsp3) is 0.0345. The Morgan fingerprint density at radius 3 is 1.25 bits per heavy atom. The average Bonchev–Trinajstić information content (AvgIpc) is 3.30. The lowest BCUT2D eigenvalue weighted by Crippen LogP contribution is -2.11. The van der Waals surface area contributed by atoms with Gasteiger partial charge in [0, 0.05) is 16.5 Å². The summed E-state index contributed by atoms with van der Waals surface area (Å²) in [5, 5.41) is 12.5. The van der Waals surface area contributed by atoms with E-state index in [-0.39, 0.29) is 0 Å². The van der Waals surface area contributed by atoms with Gasteiger partial charge in [0.2, 0.25) is 0 Å². The van der Waals surface area contributed by atoms with E-state index in [1.807, 2.05) is 0 Å². The molecular formula is C58H41N. The van der Waals surface area contributed by atoms with Gasteiger partial charge in [-0.15, -0.1) is 0 Å². The predicted molar refractivity (Wildman–Crippen MR) is 254 cm³/mol. The first-order valence-corrected chi connectivity index (χ1v) is 20.5. The van der Waals surface area contributed by atoms with E-state index in [2.05, 4.69) is 231 Å². The average molecular weight is 752 g/mol. The summed E-state index contributed by atoms with van der Waals surface area (Å²) >= 11 is 0. The van der Waals surface area contributed by atoms with Crippen LogP contribution in [0.1, 0.15) is 11.1 Å². The van der Waals surface area contributed by atoms with Crippen molar-refractivity contribution in [1.29, 1.82) is 0 Å². The second kappa shape index (κ2) is 14.2. The van der Waals surface area contributed by atoms with E-state index >= 15 is 0 Å². The molecule has 0 atom stereocenters. The number of benzene rings is 11. The molecular weight excluding hydrogens is 711 g/mol. The first-order valence-electron chi connectivity index (χ1n) is 20.5. The van der Waals surface area contributed by atoms with Gasteiger partial charge in [-0.25, -0.2) is 0 Å². The first-order chi connectivity index (χ1) is 29.1. The molecule has 0 bridgehead atoms. The zero-order valence-electron chi connectivity index (χ0n) is 33.2. The minimum atomic E-state index is 1.13. The Morgan fingerprint density at radius 1 is 0.271 bits per heavy atom. The molecule has 11 aromatic rings. The summed E-state index contributed by atoms with van der Waals surface area (Å²) in [6.07, 6.45) is 0. The summed E-state index contributed by atoms with van der Waals surface area (Å²) in [6, 6.07) is 78.2. The van der Waals surface area contributed by atoms with E-state index in [1.165, 1.54) is 110 Å². The Hall–Kier alpha value is -7.48. The third kappa shape index (κ3) is 5.86. The Balaban J connectivity index is 1.09. The molecule has 0 fully saturated rings. The van der Waals surface area contributed by atoms with Crippen molar-refractivity contribution in [2.24, 2.45) is 0 Å². The van der Waals surface area contributed by atoms with Gasteiger partial charge < -0.3 is 4.90 Å². The molecule has 0 aromatic heterocycles. The van der Waals surface area contributed by atoms with Crippen molar-refractivity contribution in [2.75, 3.05) is 4.90 Å². The minimum Gasteiger partial charge on any atom is -0.309 e. The number of fused-ring (bicyclic) bond motifs is 5. The largest absolute Gasteiger partial charge is 0.309 e. The van der Waals surface area contributed by atoms with Crippen molar-refractivity contribution in [3.05, 3.63) is 223 Å². The highest BCUT2D eigenvalue weighted by atomic mass is 15.1. The molecule has 59 heavy (non-hydrogen) atoms. The molecule has 11 aromatic carbocycles. The molecule has 0 spiro atoms. The van der Waals surface area contributed by atoms with E-state index < -0.39 is 0 Å². The van der Waals surface area contributed by atoms with E-state index in [1.54, 1.807) is 0 Å². The summed E-state index contributed by atoms with van der Waals surface area (Å²) < 4.78 is 0. The SMILES string of the molecule is Cc1ccc(N(c2ccc3cc(-c4c5ccccc5c(-c5cccc(-c6ccccc6)c5)c5ccccc45)ccc3c2)c2ccc(C)c3ccccc23)c2ccccc12. The normalized spacial score (nSPS) is 11.6. The summed E-state index contributed by atoms with van der Waals surface area (Å²) in [4.78, 5) is 2.46. The van der Waals surface area contributed by atoms with Crippen molar-refractivity contribution in [3.63, 3.8) is 0 Å². The Morgan fingerprint density at radius 2 is 0.695 bits per heavy atom. The zero-order valence-corrected chi connectivity index (χ0v) is 33.2. The van der Waals surface area contributed by atoms with Gasteiger partial charge in [0.15, 0.2) is 0 Å². The van der Waals surface area contributed by atoms with E-state index in [0.717, 1.165) is 5.69 Å². The summed E-state index contributed by atoms with van der Waals surface area (Å²) in [6.45, 7) is 4.41. The molecule has 278 valence electrons. The fourth-order valence-corrected chi connectivity index (χ4v) is 9.43. The van der Waals surface area contributed by atoms with Crippen LogP contribution in [0.15, 0.2) is 212 Å². The number of hydrogen-bond acceptors (Lipinski definition) is 1. The molecule has 0 aliphatic carbocycles. The monoisotopic (exact) mass is 751 g/mol. The summed E-state index contributed by atoms with van der Waals surface area (Å²) in [5.74, 6) is 0. The summed E-state index contributed by atoms with van der Waals surface area (Å²) in [5.41, 5.74) is 13.4. The third-order valence-corrected chi connectivity index (χ3v) is 12.3. The molecule has 0 aliphatic rings. The van der Waals surface area contributed by atoms with Gasteiger partial charge in [-0.3, -0.25) is 0 Å². The lowest BCUT2D eigenvalue weighted by atomic mass is 9.85. The predicted octanol–water partition coefficient (Wildman–Crippen LogP) is 16.5. The van der Waals surface area contributed by atoms with E-state index in [0.29, 0.717) is 0 Å². The van der Waals surface area contributed by atoms with Gasteiger partial charge in [0.05, 0.1) is 11.4 Å². The first kappa shape index (κ1) is 34.7. The van der Waals surface area contributed by atoms with Crippen LogP contribution in [-0.2, 0) is 0 Å². The maximum absolute atomic E-state index is 2.46. The molecule has 0 amide bonds. The van der Waals surface area contributed by atoms with Crippen LogP contribution in [0.5, 0.6) is 0 Å². The van der Waals surface area contributed by atoms with E-state index in [4.69, 9.17) is 0 Å². The van der Waals surface area contributed by atoms with Crippen LogP contribution < -0.4 is 4.90 Å². The molecule has 0 saturated heterocycles. The van der Waals surface area contributed by atoms with Crippen LogP contribution in [0.25, 0.3) is 87.2 Å². The number of hydrogen-bond donors (Lipinski definition) is 0. The Kier molecular flexibility index (Phi) is 8.34. The van der Waals surface area contributed by atoms with Crippen LogP contribution in [0.2, 0.25) is 0 Å². The molecule has 0 N–H and O–H groups in total. The highest BCUT2D eigenvalue weighted by molar-refractivity contribution is 6.22. The topological polar surface area (TPSA) is 3.24 Å². The van der Waals surface area contributed by atoms with Crippen molar-refractivity contribution in [1.82, 2.24) is 0 Å².